The fourth-order valence-corrected chi connectivity index (χ4v) is 2.07. The van der Waals surface area contributed by atoms with E-state index < -0.39 is 0 Å². The van der Waals surface area contributed by atoms with Crippen LogP contribution in [0.1, 0.15) is 26.3 Å². The van der Waals surface area contributed by atoms with Gasteiger partial charge < -0.3 is 9.47 Å². The fraction of sp³-hybridized carbons (Fsp3) is 0.333. The Labute approximate surface area is 134 Å². The molecule has 1 heterocycles. The van der Waals surface area contributed by atoms with Gasteiger partial charge in [-0.15, -0.1) is 0 Å². The van der Waals surface area contributed by atoms with Gasteiger partial charge in [-0.25, -0.2) is 4.98 Å². The van der Waals surface area contributed by atoms with Gasteiger partial charge in [0.2, 0.25) is 11.2 Å². The lowest BCUT2D eigenvalue weighted by Gasteiger charge is -2.23. The van der Waals surface area contributed by atoms with Gasteiger partial charge in [-0.3, -0.25) is 0 Å². The molecule has 2 aromatic rings. The van der Waals surface area contributed by atoms with E-state index in [1.165, 1.54) is 6.20 Å². The maximum Gasteiger partial charge on any atom is 0.242 e. The number of nitrogens with zero attached hydrogens (tertiary/aromatic N) is 2. The Hall–Kier alpha value is -1.52. The summed E-state index contributed by atoms with van der Waals surface area (Å²) in [4.78, 5) is 7.80. The Morgan fingerprint density at radius 2 is 1.86 bits per heavy atom. The van der Waals surface area contributed by atoms with Crippen LogP contribution in [0.15, 0.2) is 24.4 Å². The summed E-state index contributed by atoms with van der Waals surface area (Å²) in [6, 6.07) is 5.58. The number of methoxy groups -OCH3 is 1. The van der Waals surface area contributed by atoms with E-state index in [0.29, 0.717) is 10.8 Å². The number of hydrogen-bond acceptors (Lipinski definition) is 4. The first-order chi connectivity index (χ1) is 9.81. The molecule has 2 rings (SSSR count). The van der Waals surface area contributed by atoms with E-state index >= 15 is 0 Å². The molecule has 0 atom stereocenters. The summed E-state index contributed by atoms with van der Waals surface area (Å²) in [5.41, 5.74) is 0.848. The molecule has 1 aromatic carbocycles. The fourth-order valence-electron chi connectivity index (χ4n) is 1.82. The number of rotatable bonds is 3. The second-order valence-corrected chi connectivity index (χ2v) is 6.25. The monoisotopic (exact) mass is 326 g/mol. The van der Waals surface area contributed by atoms with Crippen molar-refractivity contribution < 1.29 is 9.47 Å². The summed E-state index contributed by atoms with van der Waals surface area (Å²) >= 11 is 11.8. The Morgan fingerprint density at radius 1 is 1.14 bits per heavy atom. The average Bonchev–Trinajstić information content (AvgIpc) is 2.42. The van der Waals surface area contributed by atoms with Gasteiger partial charge in [0.25, 0.3) is 0 Å². The van der Waals surface area contributed by atoms with Crippen molar-refractivity contribution in [3.05, 3.63) is 40.3 Å². The first-order valence-electron chi connectivity index (χ1n) is 6.35. The highest BCUT2D eigenvalue weighted by molar-refractivity contribution is 6.32. The third kappa shape index (κ3) is 3.77. The predicted octanol–water partition coefficient (Wildman–Crippen LogP) is 4.88. The summed E-state index contributed by atoms with van der Waals surface area (Å²) in [6.07, 6.45) is 1.41. The third-order valence-corrected chi connectivity index (χ3v) is 3.33. The second kappa shape index (κ2) is 6.08. The van der Waals surface area contributed by atoms with Crippen LogP contribution >= 0.6 is 23.2 Å². The summed E-state index contributed by atoms with van der Waals surface area (Å²) in [6.45, 7) is 6.26. The van der Waals surface area contributed by atoms with E-state index in [2.05, 4.69) is 30.7 Å². The van der Waals surface area contributed by atoms with Gasteiger partial charge >= 0.3 is 0 Å². The number of halogens is 2. The molecule has 0 saturated carbocycles. The van der Waals surface area contributed by atoms with Crippen LogP contribution in [0.2, 0.25) is 10.3 Å². The minimum absolute atomic E-state index is 0.0835. The molecule has 21 heavy (non-hydrogen) atoms. The predicted molar refractivity (Wildman–Crippen MR) is 83.8 cm³/mol. The Kier molecular flexibility index (Phi) is 4.59. The topological polar surface area (TPSA) is 44.2 Å². The molecule has 0 aliphatic rings. The summed E-state index contributed by atoms with van der Waals surface area (Å²) in [5.74, 6) is 1.64. The van der Waals surface area contributed by atoms with E-state index in [0.717, 1.165) is 11.3 Å². The van der Waals surface area contributed by atoms with Gasteiger partial charge in [-0.05, 0) is 35.2 Å². The average molecular weight is 327 g/mol. The molecule has 0 saturated heterocycles. The third-order valence-electron chi connectivity index (χ3n) is 2.88. The van der Waals surface area contributed by atoms with Gasteiger partial charge in [-0.2, -0.15) is 4.98 Å². The first kappa shape index (κ1) is 15.9. The number of aromatic nitrogens is 2. The van der Waals surface area contributed by atoms with Crippen LogP contribution in [0.3, 0.4) is 0 Å². The highest BCUT2D eigenvalue weighted by atomic mass is 35.5. The summed E-state index contributed by atoms with van der Waals surface area (Å²) < 4.78 is 11.1. The van der Waals surface area contributed by atoms with E-state index in [1.807, 2.05) is 18.2 Å². The van der Waals surface area contributed by atoms with Crippen LogP contribution in [0.5, 0.6) is 17.4 Å². The molecule has 0 unspecified atom stereocenters. The molecule has 0 fully saturated rings. The first-order valence-corrected chi connectivity index (χ1v) is 7.11. The van der Waals surface area contributed by atoms with Crippen LogP contribution in [0.25, 0.3) is 0 Å². The van der Waals surface area contributed by atoms with Crippen LogP contribution in [0.4, 0.5) is 0 Å². The molecule has 0 aliphatic heterocycles. The lowest BCUT2D eigenvalue weighted by atomic mass is 9.86. The molecule has 6 heteroatoms. The lowest BCUT2D eigenvalue weighted by molar-refractivity contribution is 0.405. The van der Waals surface area contributed by atoms with Crippen molar-refractivity contribution in [1.29, 1.82) is 0 Å². The van der Waals surface area contributed by atoms with Crippen LogP contribution in [0, 0.1) is 0 Å². The van der Waals surface area contributed by atoms with E-state index in [9.17, 15) is 0 Å². The minimum Gasteiger partial charge on any atom is -0.497 e. The van der Waals surface area contributed by atoms with Gasteiger partial charge in [0.05, 0.1) is 13.3 Å². The highest BCUT2D eigenvalue weighted by Crippen LogP contribution is 2.37. The van der Waals surface area contributed by atoms with Crippen molar-refractivity contribution >= 4 is 23.2 Å². The molecule has 4 nitrogen and oxygen atoms in total. The molecule has 0 N–H and O–H groups in total. The Morgan fingerprint density at radius 3 is 2.48 bits per heavy atom. The Bertz CT molecular complexity index is 655. The van der Waals surface area contributed by atoms with Crippen molar-refractivity contribution in [1.82, 2.24) is 9.97 Å². The maximum atomic E-state index is 6.04. The summed E-state index contributed by atoms with van der Waals surface area (Å²) in [7, 11) is 1.63. The quantitative estimate of drug-likeness (QED) is 0.754. The molecule has 0 bridgehead atoms. The number of benzene rings is 1. The zero-order chi connectivity index (χ0) is 15.6. The molecule has 0 spiro atoms. The van der Waals surface area contributed by atoms with Crippen LogP contribution in [-0.2, 0) is 5.41 Å². The van der Waals surface area contributed by atoms with Gasteiger partial charge in [0.1, 0.15) is 16.5 Å². The molecular weight excluding hydrogens is 311 g/mol. The number of ether oxygens (including phenoxy) is 2. The zero-order valence-corrected chi connectivity index (χ0v) is 13.8. The highest BCUT2D eigenvalue weighted by Gasteiger charge is 2.21. The Balaban J connectivity index is 2.46. The van der Waals surface area contributed by atoms with Crippen molar-refractivity contribution in [2.24, 2.45) is 0 Å². The normalized spacial score (nSPS) is 11.3. The van der Waals surface area contributed by atoms with E-state index in [1.54, 1.807) is 7.11 Å². The standard InChI is InChI=1S/C15H16Cl2N2O2/c1-15(2,3)10-7-9(20-4)5-6-12(10)21-13-11(16)8-18-14(17)19-13/h5-8H,1-4H3. The number of hydrogen-bond donors (Lipinski definition) is 0. The smallest absolute Gasteiger partial charge is 0.242 e. The SMILES string of the molecule is COc1ccc(Oc2nc(Cl)ncc2Cl)c(C(C)(C)C)c1. The van der Waals surface area contributed by atoms with Crippen LogP contribution < -0.4 is 9.47 Å². The van der Waals surface area contributed by atoms with Crippen LogP contribution in [-0.4, -0.2) is 17.1 Å². The van der Waals surface area contributed by atoms with Gasteiger partial charge in [0.15, 0.2) is 0 Å². The van der Waals surface area contributed by atoms with Gasteiger partial charge in [0, 0.05) is 5.56 Å². The lowest BCUT2D eigenvalue weighted by Crippen LogP contribution is -2.13. The van der Waals surface area contributed by atoms with Crippen molar-refractivity contribution in [2.75, 3.05) is 7.11 Å². The van der Waals surface area contributed by atoms with Crippen molar-refractivity contribution in [3.8, 4) is 17.4 Å². The summed E-state index contributed by atoms with van der Waals surface area (Å²) in [5, 5.41) is 0.385. The van der Waals surface area contributed by atoms with Gasteiger partial charge in [-0.1, -0.05) is 32.4 Å². The molecule has 0 aliphatic carbocycles. The van der Waals surface area contributed by atoms with E-state index in [4.69, 9.17) is 32.7 Å². The van der Waals surface area contributed by atoms with E-state index in [-0.39, 0.29) is 16.6 Å². The molecular formula is C15H16Cl2N2O2. The van der Waals surface area contributed by atoms with Crippen molar-refractivity contribution in [2.45, 2.75) is 26.2 Å². The maximum absolute atomic E-state index is 6.04. The largest absolute Gasteiger partial charge is 0.497 e. The van der Waals surface area contributed by atoms with Crippen molar-refractivity contribution in [3.63, 3.8) is 0 Å². The molecule has 0 radical (unpaired) electrons. The minimum atomic E-state index is -0.132. The molecule has 1 aromatic heterocycles. The zero-order valence-electron chi connectivity index (χ0n) is 12.3. The second-order valence-electron chi connectivity index (χ2n) is 5.51. The molecule has 112 valence electrons. The molecule has 0 amide bonds.